The molecule has 0 heterocycles. The Morgan fingerprint density at radius 2 is 1.72 bits per heavy atom. The van der Waals surface area contributed by atoms with Crippen LogP contribution in [0.15, 0.2) is 36.4 Å². The largest absolute Gasteiger partial charge is 0.449 e. The SMILES string of the molecule is CNC(=O)OCC1c2cc(NC(=O)CCCC(=O)NCCOCCCOC)ccc2-c2c(C(=O)CCCOC(C)CCO)cccc21. The molecule has 0 fully saturated rings. The first-order valence-corrected chi connectivity index (χ1v) is 16.3. The van der Waals surface area contributed by atoms with E-state index in [-0.39, 0.29) is 55.7 Å². The zero-order chi connectivity index (χ0) is 34.0. The molecule has 2 aromatic rings. The van der Waals surface area contributed by atoms with E-state index in [1.54, 1.807) is 13.2 Å². The van der Waals surface area contributed by atoms with Crippen LogP contribution in [0.1, 0.15) is 79.3 Å². The fraction of sp³-hybridized carbons (Fsp3) is 0.543. The van der Waals surface area contributed by atoms with Gasteiger partial charge in [0, 0.05) is 83.6 Å². The van der Waals surface area contributed by atoms with Crippen LogP contribution >= 0.6 is 0 Å². The third-order valence-electron chi connectivity index (χ3n) is 7.84. The summed E-state index contributed by atoms with van der Waals surface area (Å²) < 4.78 is 21.5. The number of ketones is 1. The molecule has 1 aliphatic rings. The number of ether oxygens (including phenoxy) is 4. The minimum absolute atomic E-state index is 0.0184. The Hall–Kier alpha value is -3.84. The molecule has 0 bridgehead atoms. The highest BCUT2D eigenvalue weighted by Gasteiger charge is 2.33. The van der Waals surface area contributed by atoms with Crippen molar-refractivity contribution in [1.82, 2.24) is 10.6 Å². The Labute approximate surface area is 276 Å². The number of nitrogens with one attached hydrogen (secondary N) is 3. The molecule has 0 spiro atoms. The van der Waals surface area contributed by atoms with E-state index >= 15 is 0 Å². The third kappa shape index (κ3) is 12.0. The molecule has 2 atom stereocenters. The van der Waals surface area contributed by atoms with E-state index in [1.165, 1.54) is 7.05 Å². The summed E-state index contributed by atoms with van der Waals surface area (Å²) in [6, 6.07) is 11.1. The number of hydrogen-bond acceptors (Lipinski definition) is 9. The highest BCUT2D eigenvalue weighted by atomic mass is 16.5. The maximum atomic E-state index is 13.4. The van der Waals surface area contributed by atoms with Crippen LogP contribution in [0.25, 0.3) is 11.1 Å². The van der Waals surface area contributed by atoms with E-state index < -0.39 is 6.09 Å². The summed E-state index contributed by atoms with van der Waals surface area (Å²) in [5.74, 6) is -0.715. The molecule has 12 heteroatoms. The van der Waals surface area contributed by atoms with E-state index in [2.05, 4.69) is 16.0 Å². The first-order chi connectivity index (χ1) is 22.8. The van der Waals surface area contributed by atoms with Gasteiger partial charge in [0.25, 0.3) is 0 Å². The number of fused-ring (bicyclic) bond motifs is 3. The number of benzene rings is 2. The van der Waals surface area contributed by atoms with E-state index in [0.29, 0.717) is 69.9 Å². The number of aliphatic hydroxyl groups excluding tert-OH is 1. The molecular weight excluding hydrogens is 606 g/mol. The molecule has 0 aromatic heterocycles. The van der Waals surface area contributed by atoms with Crippen LogP contribution in [0.3, 0.4) is 0 Å². The van der Waals surface area contributed by atoms with Gasteiger partial charge >= 0.3 is 6.09 Å². The predicted molar refractivity (Wildman–Crippen MR) is 178 cm³/mol. The number of aliphatic hydroxyl groups is 1. The molecule has 47 heavy (non-hydrogen) atoms. The lowest BCUT2D eigenvalue weighted by atomic mass is 9.93. The molecule has 4 N–H and O–H groups in total. The Balaban J connectivity index is 1.62. The van der Waals surface area contributed by atoms with Gasteiger partial charge in [-0.2, -0.15) is 0 Å². The zero-order valence-electron chi connectivity index (χ0n) is 27.7. The minimum atomic E-state index is -0.564. The summed E-state index contributed by atoms with van der Waals surface area (Å²) in [6.45, 7) is 4.45. The summed E-state index contributed by atoms with van der Waals surface area (Å²) in [7, 11) is 3.12. The van der Waals surface area contributed by atoms with Gasteiger partial charge in [0.15, 0.2) is 5.78 Å². The average molecular weight is 656 g/mol. The van der Waals surface area contributed by atoms with Gasteiger partial charge in [-0.3, -0.25) is 14.4 Å². The van der Waals surface area contributed by atoms with Crippen molar-refractivity contribution >= 4 is 29.4 Å². The topological polar surface area (TPSA) is 162 Å². The van der Waals surface area contributed by atoms with E-state index in [4.69, 9.17) is 24.1 Å². The molecule has 2 aromatic carbocycles. The molecule has 1 aliphatic carbocycles. The normalized spacial score (nSPS) is 13.7. The van der Waals surface area contributed by atoms with Crippen molar-refractivity contribution in [2.45, 2.75) is 63.9 Å². The maximum Gasteiger partial charge on any atom is 0.406 e. The van der Waals surface area contributed by atoms with Gasteiger partial charge in [0.05, 0.1) is 12.7 Å². The zero-order valence-corrected chi connectivity index (χ0v) is 27.7. The Bertz CT molecular complexity index is 1330. The number of amides is 3. The van der Waals surface area contributed by atoms with Gasteiger partial charge in [-0.15, -0.1) is 0 Å². The molecule has 0 saturated heterocycles. The van der Waals surface area contributed by atoms with E-state index in [0.717, 1.165) is 28.7 Å². The lowest BCUT2D eigenvalue weighted by Gasteiger charge is -2.15. The summed E-state index contributed by atoms with van der Waals surface area (Å²) in [6.07, 6.45) is 2.33. The van der Waals surface area contributed by atoms with Crippen LogP contribution in [-0.2, 0) is 28.5 Å². The van der Waals surface area contributed by atoms with Gasteiger partial charge in [-0.25, -0.2) is 4.79 Å². The van der Waals surface area contributed by atoms with Gasteiger partial charge in [-0.1, -0.05) is 24.3 Å². The fourth-order valence-electron chi connectivity index (χ4n) is 5.44. The first kappa shape index (κ1) is 37.6. The van der Waals surface area contributed by atoms with Crippen LogP contribution in [0.2, 0.25) is 0 Å². The van der Waals surface area contributed by atoms with Crippen molar-refractivity contribution in [1.29, 1.82) is 0 Å². The van der Waals surface area contributed by atoms with Gasteiger partial charge < -0.3 is 40.0 Å². The number of Topliss-reactive ketones (excluding diaryl/α,β-unsaturated/α-hetero) is 1. The standard InChI is InChI=1S/C35H49N3O9/c1-24(15-17-39)46-20-6-10-31(40)28-9-4-8-26-30(23-47-35(43)36-2)29-22-25(13-14-27(29)34(26)28)38-33(42)12-5-11-32(41)37-16-21-45-19-7-18-44-3/h4,8-9,13-14,22,24,30,39H,5-7,10-12,15-21,23H2,1-3H3,(H,36,43)(H,37,41)(H,38,42). The monoisotopic (exact) mass is 655 g/mol. The molecule has 3 rings (SSSR count). The smallest absolute Gasteiger partial charge is 0.406 e. The van der Waals surface area contributed by atoms with Crippen molar-refractivity contribution in [2.24, 2.45) is 0 Å². The fourth-order valence-corrected chi connectivity index (χ4v) is 5.44. The number of anilines is 1. The van der Waals surface area contributed by atoms with Gasteiger partial charge in [-0.05, 0) is 67.0 Å². The number of rotatable bonds is 22. The molecule has 0 aliphatic heterocycles. The summed E-state index contributed by atoms with van der Waals surface area (Å²) >= 11 is 0. The quantitative estimate of drug-likeness (QED) is 0.108. The second-order valence-electron chi connectivity index (χ2n) is 11.4. The average Bonchev–Trinajstić information content (AvgIpc) is 3.37. The Kier molecular flexibility index (Phi) is 16.3. The number of alkyl carbamates (subject to hydrolysis) is 1. The van der Waals surface area contributed by atoms with Crippen molar-refractivity contribution in [3.8, 4) is 11.1 Å². The number of methoxy groups -OCH3 is 1. The third-order valence-corrected chi connectivity index (χ3v) is 7.84. The second kappa shape index (κ2) is 20.4. The Morgan fingerprint density at radius 3 is 2.49 bits per heavy atom. The predicted octanol–water partition coefficient (Wildman–Crippen LogP) is 4.18. The van der Waals surface area contributed by atoms with Crippen LogP contribution < -0.4 is 16.0 Å². The molecule has 258 valence electrons. The summed E-state index contributed by atoms with van der Waals surface area (Å²) in [5.41, 5.74) is 4.52. The minimum Gasteiger partial charge on any atom is -0.449 e. The number of carbonyl (C=O) groups excluding carboxylic acids is 4. The van der Waals surface area contributed by atoms with Crippen molar-refractivity contribution in [2.75, 3.05) is 65.7 Å². The molecule has 12 nitrogen and oxygen atoms in total. The molecule has 3 amide bonds. The molecule has 0 radical (unpaired) electrons. The maximum absolute atomic E-state index is 13.4. The van der Waals surface area contributed by atoms with Crippen LogP contribution in [0.5, 0.6) is 0 Å². The van der Waals surface area contributed by atoms with E-state index in [9.17, 15) is 19.2 Å². The lowest BCUT2D eigenvalue weighted by Crippen LogP contribution is -2.27. The van der Waals surface area contributed by atoms with Gasteiger partial charge in [0.1, 0.15) is 6.61 Å². The Morgan fingerprint density at radius 1 is 0.915 bits per heavy atom. The van der Waals surface area contributed by atoms with Gasteiger partial charge in [0.2, 0.25) is 11.8 Å². The van der Waals surface area contributed by atoms with Crippen LogP contribution in [-0.4, -0.2) is 95.2 Å². The van der Waals surface area contributed by atoms with Crippen molar-refractivity contribution in [3.05, 3.63) is 53.1 Å². The lowest BCUT2D eigenvalue weighted by molar-refractivity contribution is -0.121. The van der Waals surface area contributed by atoms with Crippen molar-refractivity contribution < 1.29 is 43.2 Å². The first-order valence-electron chi connectivity index (χ1n) is 16.3. The second-order valence-corrected chi connectivity index (χ2v) is 11.4. The number of carbonyl (C=O) groups is 4. The van der Waals surface area contributed by atoms with Crippen LogP contribution in [0, 0.1) is 0 Å². The number of hydrogen-bond donors (Lipinski definition) is 4. The highest BCUT2D eigenvalue weighted by Crippen LogP contribution is 2.47. The van der Waals surface area contributed by atoms with E-state index in [1.807, 2.05) is 37.3 Å². The molecular formula is C35H49N3O9. The summed E-state index contributed by atoms with van der Waals surface area (Å²) in [4.78, 5) is 50.3. The van der Waals surface area contributed by atoms with Crippen molar-refractivity contribution in [3.63, 3.8) is 0 Å². The molecule has 0 saturated carbocycles. The highest BCUT2D eigenvalue weighted by molar-refractivity contribution is 6.05. The van der Waals surface area contributed by atoms with Crippen LogP contribution in [0.4, 0.5) is 10.5 Å². The molecule has 2 unspecified atom stereocenters. The summed E-state index contributed by atoms with van der Waals surface area (Å²) in [5, 5.41) is 17.2.